The number of para-hydroxylation sites is 1. The van der Waals surface area contributed by atoms with Gasteiger partial charge in [-0.2, -0.15) is 0 Å². The highest BCUT2D eigenvalue weighted by molar-refractivity contribution is 6.11. The Hall–Kier alpha value is -3.15. The first-order chi connectivity index (χ1) is 10.7. The fraction of sp³-hybridized carbons (Fsp3) is 0.0625. The van der Waals surface area contributed by atoms with Crippen LogP contribution in [0.15, 0.2) is 48.8 Å². The molecule has 22 heavy (non-hydrogen) atoms. The van der Waals surface area contributed by atoms with Crippen LogP contribution in [0.1, 0.15) is 20.7 Å². The molecule has 110 valence electrons. The Morgan fingerprint density at radius 3 is 2.64 bits per heavy atom. The minimum absolute atomic E-state index is 0.261. The Bertz CT molecular complexity index is 837. The van der Waals surface area contributed by atoms with Crippen molar-refractivity contribution in [2.24, 2.45) is 0 Å². The van der Waals surface area contributed by atoms with E-state index < -0.39 is 5.97 Å². The number of aromatic nitrogens is 2. The summed E-state index contributed by atoms with van der Waals surface area (Å²) in [6, 6.07) is 11.8. The SMILES string of the molecule is COC(=O)c1ccc(NC(=O)c2cccc3[nH]cnc23)cc1. The average molecular weight is 295 g/mol. The normalized spacial score (nSPS) is 10.4. The number of aromatic amines is 1. The highest BCUT2D eigenvalue weighted by Crippen LogP contribution is 2.17. The van der Waals surface area contributed by atoms with Crippen molar-refractivity contribution in [1.29, 1.82) is 0 Å². The van der Waals surface area contributed by atoms with E-state index in [0.717, 1.165) is 5.52 Å². The fourth-order valence-electron chi connectivity index (χ4n) is 2.15. The largest absolute Gasteiger partial charge is 0.465 e. The van der Waals surface area contributed by atoms with Crippen molar-refractivity contribution >= 4 is 28.6 Å². The maximum absolute atomic E-state index is 12.3. The van der Waals surface area contributed by atoms with Gasteiger partial charge in [0.15, 0.2) is 0 Å². The lowest BCUT2D eigenvalue weighted by molar-refractivity contribution is 0.0600. The third-order valence-electron chi connectivity index (χ3n) is 3.26. The van der Waals surface area contributed by atoms with Gasteiger partial charge < -0.3 is 15.0 Å². The summed E-state index contributed by atoms with van der Waals surface area (Å²) >= 11 is 0. The number of benzene rings is 2. The van der Waals surface area contributed by atoms with Gasteiger partial charge in [0.2, 0.25) is 0 Å². The van der Waals surface area contributed by atoms with E-state index in [1.54, 1.807) is 42.7 Å². The predicted molar refractivity (Wildman–Crippen MR) is 81.8 cm³/mol. The molecule has 0 radical (unpaired) electrons. The number of anilines is 1. The summed E-state index contributed by atoms with van der Waals surface area (Å²) in [5.74, 6) is -0.678. The molecule has 0 unspecified atom stereocenters. The molecule has 0 atom stereocenters. The van der Waals surface area contributed by atoms with Gasteiger partial charge in [-0.05, 0) is 36.4 Å². The molecule has 3 aromatic rings. The molecule has 2 aromatic carbocycles. The second-order valence-corrected chi connectivity index (χ2v) is 4.63. The molecule has 0 saturated carbocycles. The molecular weight excluding hydrogens is 282 g/mol. The molecule has 6 nitrogen and oxygen atoms in total. The maximum Gasteiger partial charge on any atom is 0.337 e. The number of carbonyl (C=O) groups is 2. The number of H-pyrrole nitrogens is 1. The van der Waals surface area contributed by atoms with Crippen molar-refractivity contribution < 1.29 is 14.3 Å². The smallest absolute Gasteiger partial charge is 0.337 e. The van der Waals surface area contributed by atoms with Crippen LogP contribution in [0, 0.1) is 0 Å². The van der Waals surface area contributed by atoms with Gasteiger partial charge in [0, 0.05) is 5.69 Å². The summed E-state index contributed by atoms with van der Waals surface area (Å²) in [5.41, 5.74) is 2.91. The van der Waals surface area contributed by atoms with Crippen molar-refractivity contribution in [1.82, 2.24) is 9.97 Å². The van der Waals surface area contributed by atoms with E-state index in [0.29, 0.717) is 22.3 Å². The second-order valence-electron chi connectivity index (χ2n) is 4.63. The van der Waals surface area contributed by atoms with Crippen LogP contribution >= 0.6 is 0 Å². The summed E-state index contributed by atoms with van der Waals surface area (Å²) in [6.07, 6.45) is 1.55. The van der Waals surface area contributed by atoms with Gasteiger partial charge in [-0.1, -0.05) is 6.07 Å². The number of nitrogens with one attached hydrogen (secondary N) is 2. The van der Waals surface area contributed by atoms with Gasteiger partial charge >= 0.3 is 5.97 Å². The topological polar surface area (TPSA) is 84.1 Å². The molecule has 0 aliphatic rings. The molecule has 0 fully saturated rings. The zero-order valence-corrected chi connectivity index (χ0v) is 11.8. The Morgan fingerprint density at radius 2 is 1.91 bits per heavy atom. The lowest BCUT2D eigenvalue weighted by Gasteiger charge is -2.06. The van der Waals surface area contributed by atoms with Gasteiger partial charge in [-0.3, -0.25) is 4.79 Å². The first-order valence-corrected chi connectivity index (χ1v) is 6.61. The highest BCUT2D eigenvalue weighted by Gasteiger charge is 2.12. The summed E-state index contributed by atoms with van der Waals surface area (Å²) in [6.45, 7) is 0. The first kappa shape index (κ1) is 13.8. The second kappa shape index (κ2) is 5.69. The summed E-state index contributed by atoms with van der Waals surface area (Å²) < 4.78 is 4.63. The van der Waals surface area contributed by atoms with E-state index in [-0.39, 0.29) is 5.91 Å². The molecule has 0 saturated heterocycles. The molecule has 3 rings (SSSR count). The molecule has 0 spiro atoms. The van der Waals surface area contributed by atoms with Crippen LogP contribution in [0.2, 0.25) is 0 Å². The van der Waals surface area contributed by atoms with Crippen LogP contribution in [0.3, 0.4) is 0 Å². The van der Waals surface area contributed by atoms with Crippen molar-refractivity contribution in [2.75, 3.05) is 12.4 Å². The van der Waals surface area contributed by atoms with E-state index >= 15 is 0 Å². The number of amides is 1. The van der Waals surface area contributed by atoms with Crippen molar-refractivity contribution in [3.05, 3.63) is 59.9 Å². The Morgan fingerprint density at radius 1 is 1.14 bits per heavy atom. The highest BCUT2D eigenvalue weighted by atomic mass is 16.5. The lowest BCUT2D eigenvalue weighted by Crippen LogP contribution is -2.12. The van der Waals surface area contributed by atoms with Gasteiger partial charge in [-0.25, -0.2) is 9.78 Å². The molecule has 0 aliphatic carbocycles. The number of nitrogens with zero attached hydrogens (tertiary/aromatic N) is 1. The predicted octanol–water partition coefficient (Wildman–Crippen LogP) is 2.60. The van der Waals surface area contributed by atoms with E-state index in [9.17, 15) is 9.59 Å². The van der Waals surface area contributed by atoms with E-state index in [4.69, 9.17) is 0 Å². The van der Waals surface area contributed by atoms with Crippen LogP contribution in [-0.2, 0) is 4.74 Å². The van der Waals surface area contributed by atoms with Gasteiger partial charge in [0.05, 0.1) is 30.1 Å². The number of carbonyl (C=O) groups excluding carboxylic acids is 2. The van der Waals surface area contributed by atoms with Gasteiger partial charge in [0.1, 0.15) is 5.52 Å². The average Bonchev–Trinajstić information content (AvgIpc) is 3.03. The zero-order valence-electron chi connectivity index (χ0n) is 11.8. The molecular formula is C16H13N3O3. The standard InChI is InChI=1S/C16H13N3O3/c1-22-16(21)10-5-7-11(8-6-10)19-15(20)12-3-2-4-13-14(12)18-9-17-13/h2-9H,1H3,(H,17,18)(H,19,20). The number of rotatable bonds is 3. The van der Waals surface area contributed by atoms with Crippen molar-refractivity contribution in [3.63, 3.8) is 0 Å². The lowest BCUT2D eigenvalue weighted by atomic mass is 10.1. The summed E-state index contributed by atoms with van der Waals surface area (Å²) in [4.78, 5) is 30.8. The molecule has 1 heterocycles. The monoisotopic (exact) mass is 295 g/mol. The number of imidazole rings is 1. The summed E-state index contributed by atoms with van der Waals surface area (Å²) in [5, 5.41) is 2.78. The maximum atomic E-state index is 12.3. The van der Waals surface area contributed by atoms with E-state index in [1.165, 1.54) is 7.11 Å². The molecule has 1 aromatic heterocycles. The number of ether oxygens (including phenoxy) is 1. The molecule has 6 heteroatoms. The summed E-state index contributed by atoms with van der Waals surface area (Å²) in [7, 11) is 1.32. The quantitative estimate of drug-likeness (QED) is 0.727. The Balaban J connectivity index is 1.82. The minimum atomic E-state index is -0.417. The third kappa shape index (κ3) is 2.54. The van der Waals surface area contributed by atoms with Crippen LogP contribution in [0.5, 0.6) is 0 Å². The molecule has 0 aliphatic heterocycles. The van der Waals surface area contributed by atoms with Crippen molar-refractivity contribution in [3.8, 4) is 0 Å². The molecule has 2 N–H and O–H groups in total. The van der Waals surface area contributed by atoms with E-state index in [1.807, 2.05) is 6.07 Å². The van der Waals surface area contributed by atoms with Gasteiger partial charge in [0.25, 0.3) is 5.91 Å². The molecule has 0 bridgehead atoms. The number of methoxy groups -OCH3 is 1. The number of esters is 1. The Labute approximate surface area is 126 Å². The first-order valence-electron chi connectivity index (χ1n) is 6.61. The van der Waals surface area contributed by atoms with E-state index in [2.05, 4.69) is 20.0 Å². The minimum Gasteiger partial charge on any atom is -0.465 e. The zero-order chi connectivity index (χ0) is 15.5. The Kier molecular flexibility index (Phi) is 3.57. The third-order valence-corrected chi connectivity index (χ3v) is 3.26. The van der Waals surface area contributed by atoms with Gasteiger partial charge in [-0.15, -0.1) is 0 Å². The van der Waals surface area contributed by atoms with Crippen LogP contribution < -0.4 is 5.32 Å². The number of fused-ring (bicyclic) bond motifs is 1. The van der Waals surface area contributed by atoms with Crippen LogP contribution in [-0.4, -0.2) is 29.0 Å². The van der Waals surface area contributed by atoms with Crippen molar-refractivity contribution in [2.45, 2.75) is 0 Å². The molecule has 1 amide bonds. The van der Waals surface area contributed by atoms with Crippen LogP contribution in [0.25, 0.3) is 11.0 Å². The number of hydrogen-bond acceptors (Lipinski definition) is 4. The fourth-order valence-corrected chi connectivity index (χ4v) is 2.15. The van der Waals surface area contributed by atoms with Crippen LogP contribution in [0.4, 0.5) is 5.69 Å². The number of hydrogen-bond donors (Lipinski definition) is 2.